The van der Waals surface area contributed by atoms with Gasteiger partial charge >= 0.3 is 5.97 Å². The number of rotatable bonds is 6. The third-order valence-corrected chi connectivity index (χ3v) is 4.14. The first-order valence-corrected chi connectivity index (χ1v) is 7.22. The molecule has 1 heterocycles. The minimum absolute atomic E-state index is 0.00733. The number of ether oxygens (including phenoxy) is 1. The maximum atomic E-state index is 11.0. The van der Waals surface area contributed by atoms with Gasteiger partial charge in [-0.15, -0.1) is 0 Å². The number of methoxy groups -OCH3 is 1. The molecule has 0 aromatic carbocycles. The normalized spacial score (nSPS) is 16.8. The molecule has 1 aliphatic carbocycles. The molecule has 0 radical (unpaired) electrons. The quantitative estimate of drug-likeness (QED) is 0.864. The Bertz CT molecular complexity index is 479. The Morgan fingerprint density at radius 1 is 1.25 bits per heavy atom. The lowest BCUT2D eigenvalue weighted by Crippen LogP contribution is -2.38. The molecule has 1 fully saturated rings. The molecule has 110 valence electrons. The van der Waals surface area contributed by atoms with E-state index in [1.807, 2.05) is 13.8 Å². The fourth-order valence-corrected chi connectivity index (χ4v) is 2.74. The van der Waals surface area contributed by atoms with Gasteiger partial charge in [-0.2, -0.15) is 0 Å². The van der Waals surface area contributed by atoms with Crippen molar-refractivity contribution >= 4 is 5.97 Å². The van der Waals surface area contributed by atoms with Gasteiger partial charge in [-0.1, -0.05) is 13.8 Å². The first kappa shape index (κ1) is 14.9. The zero-order chi connectivity index (χ0) is 14.8. The third-order valence-electron chi connectivity index (χ3n) is 4.14. The van der Waals surface area contributed by atoms with Gasteiger partial charge in [0.25, 0.3) is 0 Å². The summed E-state index contributed by atoms with van der Waals surface area (Å²) in [5.74, 6) is -0.107. The monoisotopic (exact) mass is 278 g/mol. The van der Waals surface area contributed by atoms with E-state index in [2.05, 4.69) is 9.97 Å². The van der Waals surface area contributed by atoms with Crippen LogP contribution in [0.3, 0.4) is 0 Å². The van der Waals surface area contributed by atoms with Gasteiger partial charge in [0.15, 0.2) is 5.82 Å². The van der Waals surface area contributed by atoms with E-state index < -0.39 is 5.97 Å². The summed E-state index contributed by atoms with van der Waals surface area (Å²) in [6.45, 7) is 3.99. The standard InChI is InChI=1S/C15H22N2O3/c1-4-11-10(9-13(18)19)12(5-2)17-14(16-11)15(20-3)7-6-8-15/h4-9H2,1-3H3,(H,18,19). The van der Waals surface area contributed by atoms with Crippen LogP contribution in [0.15, 0.2) is 0 Å². The van der Waals surface area contributed by atoms with Crippen molar-refractivity contribution in [2.24, 2.45) is 0 Å². The summed E-state index contributed by atoms with van der Waals surface area (Å²) in [6, 6.07) is 0. The number of hydrogen-bond acceptors (Lipinski definition) is 4. The molecular formula is C15H22N2O3. The van der Waals surface area contributed by atoms with E-state index in [0.717, 1.165) is 42.0 Å². The van der Waals surface area contributed by atoms with E-state index in [4.69, 9.17) is 9.84 Å². The van der Waals surface area contributed by atoms with Crippen LogP contribution in [-0.2, 0) is 34.4 Å². The lowest BCUT2D eigenvalue weighted by molar-refractivity contribution is -0.136. The molecule has 0 unspecified atom stereocenters. The second-order valence-corrected chi connectivity index (χ2v) is 5.25. The van der Waals surface area contributed by atoms with Crippen molar-refractivity contribution in [2.45, 2.75) is 58.0 Å². The molecule has 1 N–H and O–H groups in total. The predicted octanol–water partition coefficient (Wildman–Crippen LogP) is 2.25. The number of carboxylic acids is 1. The summed E-state index contributed by atoms with van der Waals surface area (Å²) in [6.07, 6.45) is 4.42. The molecule has 1 saturated carbocycles. The van der Waals surface area contributed by atoms with Crippen LogP contribution in [0.25, 0.3) is 0 Å². The predicted molar refractivity (Wildman–Crippen MR) is 74.7 cm³/mol. The van der Waals surface area contributed by atoms with E-state index in [1.54, 1.807) is 7.11 Å². The van der Waals surface area contributed by atoms with Crippen molar-refractivity contribution in [3.63, 3.8) is 0 Å². The number of carbonyl (C=O) groups is 1. The maximum Gasteiger partial charge on any atom is 0.307 e. The number of nitrogens with zero attached hydrogens (tertiary/aromatic N) is 2. The average Bonchev–Trinajstić information content (AvgIpc) is 2.38. The highest BCUT2D eigenvalue weighted by molar-refractivity contribution is 5.71. The molecule has 1 aliphatic rings. The summed E-state index contributed by atoms with van der Waals surface area (Å²) < 4.78 is 5.64. The number of hydrogen-bond donors (Lipinski definition) is 1. The number of aromatic nitrogens is 2. The van der Waals surface area contributed by atoms with Gasteiger partial charge in [-0.25, -0.2) is 9.97 Å². The number of carboxylic acid groups (broad SMARTS) is 1. The van der Waals surface area contributed by atoms with Crippen LogP contribution in [-0.4, -0.2) is 28.2 Å². The largest absolute Gasteiger partial charge is 0.481 e. The van der Waals surface area contributed by atoms with Crippen LogP contribution < -0.4 is 0 Å². The SMILES string of the molecule is CCc1nc(C2(OC)CCC2)nc(CC)c1CC(=O)O. The molecule has 0 saturated heterocycles. The summed E-state index contributed by atoms with van der Waals surface area (Å²) in [7, 11) is 1.70. The van der Waals surface area contributed by atoms with Crippen molar-refractivity contribution < 1.29 is 14.6 Å². The van der Waals surface area contributed by atoms with Crippen LogP contribution in [0.4, 0.5) is 0 Å². The Hall–Kier alpha value is -1.49. The van der Waals surface area contributed by atoms with E-state index in [0.29, 0.717) is 12.8 Å². The Balaban J connectivity index is 2.49. The lowest BCUT2D eigenvalue weighted by Gasteiger charge is -2.39. The molecule has 20 heavy (non-hydrogen) atoms. The highest BCUT2D eigenvalue weighted by atomic mass is 16.5. The van der Waals surface area contributed by atoms with Crippen molar-refractivity contribution in [2.75, 3.05) is 7.11 Å². The second kappa shape index (κ2) is 5.87. The Morgan fingerprint density at radius 3 is 2.10 bits per heavy atom. The summed E-state index contributed by atoms with van der Waals surface area (Å²) >= 11 is 0. The van der Waals surface area contributed by atoms with E-state index in [1.165, 1.54) is 0 Å². The Labute approximate surface area is 119 Å². The minimum Gasteiger partial charge on any atom is -0.481 e. The first-order valence-electron chi connectivity index (χ1n) is 7.22. The lowest BCUT2D eigenvalue weighted by atomic mass is 9.79. The van der Waals surface area contributed by atoms with Crippen molar-refractivity contribution in [1.29, 1.82) is 0 Å². The second-order valence-electron chi connectivity index (χ2n) is 5.25. The van der Waals surface area contributed by atoms with Crippen molar-refractivity contribution in [1.82, 2.24) is 9.97 Å². The molecule has 5 heteroatoms. The number of aliphatic carboxylic acids is 1. The molecule has 0 aliphatic heterocycles. The van der Waals surface area contributed by atoms with E-state index in [9.17, 15) is 4.79 Å². The first-order chi connectivity index (χ1) is 9.56. The van der Waals surface area contributed by atoms with Gasteiger partial charge in [0.2, 0.25) is 0 Å². The highest BCUT2D eigenvalue weighted by Crippen LogP contribution is 2.43. The molecule has 1 aromatic heterocycles. The summed E-state index contributed by atoms with van der Waals surface area (Å²) in [4.78, 5) is 20.3. The van der Waals surface area contributed by atoms with Crippen molar-refractivity contribution in [3.05, 3.63) is 22.8 Å². The molecule has 1 aromatic rings. The van der Waals surface area contributed by atoms with Gasteiger partial charge in [0, 0.05) is 24.1 Å². The van der Waals surface area contributed by atoms with Gasteiger partial charge in [0.05, 0.1) is 6.42 Å². The fourth-order valence-electron chi connectivity index (χ4n) is 2.74. The molecule has 0 amide bonds. The fraction of sp³-hybridized carbons (Fsp3) is 0.667. The Morgan fingerprint density at radius 2 is 1.80 bits per heavy atom. The topological polar surface area (TPSA) is 72.3 Å². The Kier molecular flexibility index (Phi) is 4.38. The summed E-state index contributed by atoms with van der Waals surface area (Å²) in [5, 5.41) is 9.06. The smallest absolute Gasteiger partial charge is 0.307 e. The van der Waals surface area contributed by atoms with Crippen LogP contribution in [0.2, 0.25) is 0 Å². The molecule has 5 nitrogen and oxygen atoms in total. The van der Waals surface area contributed by atoms with Gasteiger partial charge in [-0.05, 0) is 32.1 Å². The van der Waals surface area contributed by atoms with Gasteiger partial charge in [0.1, 0.15) is 5.60 Å². The highest BCUT2D eigenvalue weighted by Gasteiger charge is 2.42. The summed E-state index contributed by atoms with van der Waals surface area (Å²) in [5.41, 5.74) is 2.11. The molecule has 2 rings (SSSR count). The number of aryl methyl sites for hydroxylation is 2. The average molecular weight is 278 g/mol. The van der Waals surface area contributed by atoms with E-state index >= 15 is 0 Å². The van der Waals surface area contributed by atoms with Crippen LogP contribution >= 0.6 is 0 Å². The van der Waals surface area contributed by atoms with Crippen molar-refractivity contribution in [3.8, 4) is 0 Å². The van der Waals surface area contributed by atoms with E-state index in [-0.39, 0.29) is 12.0 Å². The zero-order valence-corrected chi connectivity index (χ0v) is 12.4. The molecular weight excluding hydrogens is 256 g/mol. The zero-order valence-electron chi connectivity index (χ0n) is 12.4. The van der Waals surface area contributed by atoms with Crippen LogP contribution in [0.5, 0.6) is 0 Å². The van der Waals surface area contributed by atoms with Gasteiger partial charge < -0.3 is 9.84 Å². The van der Waals surface area contributed by atoms with Crippen LogP contribution in [0, 0.1) is 0 Å². The van der Waals surface area contributed by atoms with Crippen LogP contribution in [0.1, 0.15) is 55.9 Å². The maximum absolute atomic E-state index is 11.0. The molecule has 0 atom stereocenters. The third kappa shape index (κ3) is 2.54. The molecule has 0 bridgehead atoms. The minimum atomic E-state index is -0.837. The van der Waals surface area contributed by atoms with Gasteiger partial charge in [-0.3, -0.25) is 4.79 Å². The molecule has 0 spiro atoms.